The van der Waals surface area contributed by atoms with Crippen LogP contribution in [0.1, 0.15) is 6.42 Å². The molecule has 4 heteroatoms. The minimum Gasteiger partial charge on any atom is -0.481 e. The van der Waals surface area contributed by atoms with Crippen LogP contribution < -0.4 is 5.32 Å². The maximum Gasteiger partial charge on any atom is 0.304 e. The van der Waals surface area contributed by atoms with Crippen LogP contribution in [0.4, 0.5) is 5.69 Å². The Hall–Kier alpha value is -1.16. The van der Waals surface area contributed by atoms with Gasteiger partial charge in [0.2, 0.25) is 0 Å². The highest BCUT2D eigenvalue weighted by molar-refractivity contribution is 8.00. The highest BCUT2D eigenvalue weighted by Crippen LogP contribution is 2.35. The average molecular weight is 209 g/mol. The van der Waals surface area contributed by atoms with Crippen molar-refractivity contribution in [3.8, 4) is 0 Å². The third-order valence-corrected chi connectivity index (χ3v) is 3.38. The van der Waals surface area contributed by atoms with Crippen LogP contribution in [0.5, 0.6) is 0 Å². The number of thioether (sulfide) groups is 1. The quantitative estimate of drug-likeness (QED) is 0.782. The van der Waals surface area contributed by atoms with Crippen molar-refractivity contribution < 1.29 is 9.90 Å². The minimum atomic E-state index is -0.733. The van der Waals surface area contributed by atoms with Crippen molar-refractivity contribution in [2.75, 3.05) is 11.9 Å². The zero-order valence-corrected chi connectivity index (χ0v) is 8.38. The maximum atomic E-state index is 10.5. The lowest BCUT2D eigenvalue weighted by Gasteiger charge is -2.24. The number of carbonyl (C=O) groups is 1. The van der Waals surface area contributed by atoms with Crippen LogP contribution >= 0.6 is 11.8 Å². The van der Waals surface area contributed by atoms with Gasteiger partial charge in [0, 0.05) is 22.4 Å². The number of fused-ring (bicyclic) bond motifs is 1. The predicted octanol–water partition coefficient (Wildman–Crippen LogP) is 2.05. The van der Waals surface area contributed by atoms with Gasteiger partial charge in [-0.25, -0.2) is 0 Å². The fraction of sp³-hybridized carbons (Fsp3) is 0.300. The highest BCUT2D eigenvalue weighted by Gasteiger charge is 2.20. The monoisotopic (exact) mass is 209 g/mol. The number of aliphatic carboxylic acids is 1. The Morgan fingerprint density at radius 1 is 1.57 bits per heavy atom. The fourth-order valence-electron chi connectivity index (χ4n) is 1.47. The van der Waals surface area contributed by atoms with Crippen LogP contribution in [-0.2, 0) is 4.79 Å². The first kappa shape index (κ1) is 9.40. The summed E-state index contributed by atoms with van der Waals surface area (Å²) in [7, 11) is 0. The largest absolute Gasteiger partial charge is 0.481 e. The molecule has 1 heterocycles. The van der Waals surface area contributed by atoms with E-state index in [1.54, 1.807) is 11.8 Å². The van der Waals surface area contributed by atoms with Crippen LogP contribution in [-0.4, -0.2) is 22.9 Å². The summed E-state index contributed by atoms with van der Waals surface area (Å²) < 4.78 is 0. The van der Waals surface area contributed by atoms with E-state index < -0.39 is 5.97 Å². The van der Waals surface area contributed by atoms with Crippen molar-refractivity contribution in [3.63, 3.8) is 0 Å². The highest BCUT2D eigenvalue weighted by atomic mass is 32.2. The van der Waals surface area contributed by atoms with Gasteiger partial charge in [-0.15, -0.1) is 11.8 Å². The number of para-hydroxylation sites is 1. The Kier molecular flexibility index (Phi) is 2.63. The Morgan fingerprint density at radius 2 is 2.36 bits per heavy atom. The molecule has 3 nitrogen and oxygen atoms in total. The van der Waals surface area contributed by atoms with Gasteiger partial charge in [-0.1, -0.05) is 12.1 Å². The number of rotatable bonds is 2. The Balaban J connectivity index is 2.09. The molecule has 0 saturated carbocycles. The molecule has 74 valence electrons. The third-order valence-electron chi connectivity index (χ3n) is 2.10. The lowest BCUT2D eigenvalue weighted by atomic mass is 10.2. The van der Waals surface area contributed by atoms with Crippen LogP contribution in [0.3, 0.4) is 0 Å². The van der Waals surface area contributed by atoms with E-state index in [0.29, 0.717) is 0 Å². The normalized spacial score (nSPS) is 19.6. The van der Waals surface area contributed by atoms with Crippen molar-refractivity contribution in [2.45, 2.75) is 16.6 Å². The summed E-state index contributed by atoms with van der Waals surface area (Å²) in [6, 6.07) is 7.97. The first-order chi connectivity index (χ1) is 6.75. The molecule has 1 aliphatic heterocycles. The average Bonchev–Trinajstić information content (AvgIpc) is 2.17. The Bertz CT molecular complexity index is 354. The molecular formula is C10H11NO2S. The summed E-state index contributed by atoms with van der Waals surface area (Å²) in [6.45, 7) is 0.730. The zero-order valence-electron chi connectivity index (χ0n) is 7.56. The molecular weight excluding hydrogens is 198 g/mol. The van der Waals surface area contributed by atoms with Crippen LogP contribution in [0.2, 0.25) is 0 Å². The molecule has 1 atom stereocenters. The molecule has 0 aliphatic carbocycles. The summed E-state index contributed by atoms with van der Waals surface area (Å²) in [5, 5.41) is 12.0. The van der Waals surface area contributed by atoms with Crippen molar-refractivity contribution in [3.05, 3.63) is 24.3 Å². The van der Waals surface area contributed by atoms with Crippen LogP contribution in [0.15, 0.2) is 29.2 Å². The van der Waals surface area contributed by atoms with Gasteiger partial charge in [0.1, 0.15) is 0 Å². The van der Waals surface area contributed by atoms with Crippen LogP contribution in [0.25, 0.3) is 0 Å². The second kappa shape index (κ2) is 3.92. The third kappa shape index (κ3) is 2.01. The predicted molar refractivity (Wildman–Crippen MR) is 56.8 cm³/mol. The molecule has 0 amide bonds. The molecule has 0 bridgehead atoms. The van der Waals surface area contributed by atoms with E-state index in [1.807, 2.05) is 24.3 Å². The van der Waals surface area contributed by atoms with Gasteiger partial charge < -0.3 is 10.4 Å². The molecule has 1 aliphatic rings. The lowest BCUT2D eigenvalue weighted by Crippen LogP contribution is -2.23. The lowest BCUT2D eigenvalue weighted by molar-refractivity contribution is -0.136. The smallest absolute Gasteiger partial charge is 0.304 e. The second-order valence-electron chi connectivity index (χ2n) is 3.21. The molecule has 0 saturated heterocycles. The summed E-state index contributed by atoms with van der Waals surface area (Å²) in [5.74, 6) is -0.733. The number of nitrogens with one attached hydrogen (secondary N) is 1. The van der Waals surface area contributed by atoms with E-state index in [0.717, 1.165) is 17.1 Å². The van der Waals surface area contributed by atoms with Crippen molar-refractivity contribution in [2.24, 2.45) is 0 Å². The fourth-order valence-corrected chi connectivity index (χ4v) is 2.65. The van der Waals surface area contributed by atoms with E-state index in [9.17, 15) is 4.79 Å². The van der Waals surface area contributed by atoms with Gasteiger partial charge in [0.05, 0.1) is 6.42 Å². The van der Waals surface area contributed by atoms with E-state index in [2.05, 4.69) is 5.32 Å². The number of anilines is 1. The first-order valence-electron chi connectivity index (χ1n) is 4.47. The van der Waals surface area contributed by atoms with E-state index >= 15 is 0 Å². The van der Waals surface area contributed by atoms with Gasteiger partial charge in [-0.05, 0) is 12.1 Å². The molecule has 0 spiro atoms. The number of hydrogen-bond acceptors (Lipinski definition) is 3. The molecule has 2 N–H and O–H groups in total. The van der Waals surface area contributed by atoms with Gasteiger partial charge in [-0.3, -0.25) is 4.79 Å². The van der Waals surface area contributed by atoms with Gasteiger partial charge in [0.15, 0.2) is 0 Å². The molecule has 1 aromatic rings. The summed E-state index contributed by atoms with van der Waals surface area (Å²) in [4.78, 5) is 11.7. The first-order valence-corrected chi connectivity index (χ1v) is 5.35. The van der Waals surface area contributed by atoms with Crippen molar-refractivity contribution in [1.29, 1.82) is 0 Å². The van der Waals surface area contributed by atoms with Crippen molar-refractivity contribution >= 4 is 23.4 Å². The number of benzene rings is 1. The van der Waals surface area contributed by atoms with Gasteiger partial charge >= 0.3 is 5.97 Å². The van der Waals surface area contributed by atoms with Crippen LogP contribution in [0, 0.1) is 0 Å². The number of carboxylic acid groups (broad SMARTS) is 1. The molecule has 0 radical (unpaired) electrons. The molecule has 14 heavy (non-hydrogen) atoms. The van der Waals surface area contributed by atoms with E-state index in [1.165, 1.54) is 0 Å². The molecule has 1 aromatic carbocycles. The summed E-state index contributed by atoms with van der Waals surface area (Å²) in [5.41, 5.74) is 1.11. The minimum absolute atomic E-state index is 0.141. The maximum absolute atomic E-state index is 10.5. The number of carboxylic acids is 1. The summed E-state index contributed by atoms with van der Waals surface area (Å²) >= 11 is 1.64. The Labute approximate surface area is 86.5 Å². The van der Waals surface area contributed by atoms with E-state index in [-0.39, 0.29) is 11.7 Å². The van der Waals surface area contributed by atoms with Crippen molar-refractivity contribution in [1.82, 2.24) is 0 Å². The molecule has 0 fully saturated rings. The van der Waals surface area contributed by atoms with E-state index in [4.69, 9.17) is 5.11 Å². The standard InChI is InChI=1S/C10H11NO2S/c12-10(13)5-7-6-11-8-3-1-2-4-9(8)14-7/h1-4,7,11H,5-6H2,(H,12,13)/t7-/m0/s1. The zero-order chi connectivity index (χ0) is 9.97. The second-order valence-corrected chi connectivity index (χ2v) is 4.56. The topological polar surface area (TPSA) is 49.3 Å². The molecule has 0 unspecified atom stereocenters. The number of hydrogen-bond donors (Lipinski definition) is 2. The Morgan fingerprint density at radius 3 is 3.14 bits per heavy atom. The van der Waals surface area contributed by atoms with Gasteiger partial charge in [0.25, 0.3) is 0 Å². The summed E-state index contributed by atoms with van der Waals surface area (Å²) in [6.07, 6.45) is 0.214. The SMILES string of the molecule is O=C(O)C[C@H]1CNc2ccccc2S1. The van der Waals surface area contributed by atoms with Gasteiger partial charge in [-0.2, -0.15) is 0 Å². The molecule has 0 aromatic heterocycles. The molecule has 2 rings (SSSR count).